The van der Waals surface area contributed by atoms with E-state index in [1.54, 1.807) is 7.11 Å². The summed E-state index contributed by atoms with van der Waals surface area (Å²) in [5.41, 5.74) is 0. The minimum Gasteiger partial charge on any atom is -0.396 e. The predicted octanol–water partition coefficient (Wildman–Crippen LogP) is -0.0141. The van der Waals surface area contributed by atoms with E-state index in [1.165, 1.54) is 6.42 Å². The van der Waals surface area contributed by atoms with E-state index in [0.29, 0.717) is 38.7 Å². The molecule has 1 aliphatic rings. The second-order valence-corrected chi connectivity index (χ2v) is 4.42. The Hall–Kier alpha value is -0.650. The highest BCUT2D eigenvalue weighted by atomic mass is 16.5. The zero-order valence-corrected chi connectivity index (χ0v) is 10.7. The van der Waals surface area contributed by atoms with Crippen molar-refractivity contribution in [3.8, 4) is 0 Å². The van der Waals surface area contributed by atoms with Crippen LogP contribution in [0, 0.1) is 0 Å². The summed E-state index contributed by atoms with van der Waals surface area (Å²) in [6.45, 7) is 2.50. The van der Waals surface area contributed by atoms with Gasteiger partial charge in [0.1, 0.15) is 0 Å². The molecule has 0 spiro atoms. The molecular weight excluding hydrogens is 220 g/mol. The molecule has 2 N–H and O–H groups in total. The van der Waals surface area contributed by atoms with Gasteiger partial charge in [0, 0.05) is 32.8 Å². The van der Waals surface area contributed by atoms with Gasteiger partial charge in [-0.2, -0.15) is 0 Å². The number of rotatable bonds is 9. The number of carbonyl (C=O) groups excluding carboxylic acids is 1. The van der Waals surface area contributed by atoms with Gasteiger partial charge in [-0.25, -0.2) is 0 Å². The monoisotopic (exact) mass is 244 g/mol. The molecule has 17 heavy (non-hydrogen) atoms. The third-order valence-electron chi connectivity index (χ3n) is 3.15. The quantitative estimate of drug-likeness (QED) is 0.560. The lowest BCUT2D eigenvalue weighted by atomic mass is 9.91. The number of methoxy groups -OCH3 is 1. The van der Waals surface area contributed by atoms with E-state index in [9.17, 15) is 4.79 Å². The van der Waals surface area contributed by atoms with Crippen molar-refractivity contribution < 1.29 is 14.6 Å². The topological polar surface area (TPSA) is 61.8 Å². The maximum absolute atomic E-state index is 12.0. The number of carbonyl (C=O) groups is 1. The van der Waals surface area contributed by atoms with Gasteiger partial charge in [0.2, 0.25) is 5.91 Å². The predicted molar refractivity (Wildman–Crippen MR) is 65.8 cm³/mol. The molecule has 1 fully saturated rings. The number of ether oxygens (including phenoxy) is 1. The number of nitrogens with zero attached hydrogens (tertiary/aromatic N) is 1. The van der Waals surface area contributed by atoms with Gasteiger partial charge < -0.3 is 20.1 Å². The summed E-state index contributed by atoms with van der Waals surface area (Å²) in [5.74, 6) is 0.138. The van der Waals surface area contributed by atoms with Crippen LogP contribution in [0.2, 0.25) is 0 Å². The molecule has 1 saturated carbocycles. The van der Waals surface area contributed by atoms with Crippen LogP contribution in [-0.2, 0) is 9.53 Å². The maximum atomic E-state index is 12.0. The molecule has 0 atom stereocenters. The Bertz CT molecular complexity index is 220. The summed E-state index contributed by atoms with van der Waals surface area (Å²) in [7, 11) is 1.64. The summed E-state index contributed by atoms with van der Waals surface area (Å²) < 4.78 is 4.91. The Labute approximate surface area is 103 Å². The van der Waals surface area contributed by atoms with Crippen molar-refractivity contribution in [2.24, 2.45) is 0 Å². The molecule has 1 amide bonds. The number of aliphatic hydroxyl groups is 1. The van der Waals surface area contributed by atoms with Crippen LogP contribution in [0.3, 0.4) is 0 Å². The third kappa shape index (κ3) is 5.02. The summed E-state index contributed by atoms with van der Waals surface area (Å²) in [4.78, 5) is 13.9. The van der Waals surface area contributed by atoms with Crippen molar-refractivity contribution in [1.29, 1.82) is 0 Å². The fraction of sp³-hybridized carbons (Fsp3) is 0.917. The summed E-state index contributed by atoms with van der Waals surface area (Å²) in [5, 5.41) is 11.9. The summed E-state index contributed by atoms with van der Waals surface area (Å²) >= 11 is 0. The van der Waals surface area contributed by atoms with Crippen LogP contribution < -0.4 is 5.32 Å². The number of hydrogen-bond donors (Lipinski definition) is 2. The van der Waals surface area contributed by atoms with E-state index in [-0.39, 0.29) is 12.5 Å². The minimum absolute atomic E-state index is 0.138. The molecule has 0 aromatic carbocycles. The van der Waals surface area contributed by atoms with Crippen LogP contribution in [-0.4, -0.2) is 61.9 Å². The second kappa shape index (κ2) is 8.44. The van der Waals surface area contributed by atoms with Gasteiger partial charge in [-0.1, -0.05) is 0 Å². The fourth-order valence-corrected chi connectivity index (χ4v) is 1.92. The number of hydrogen-bond acceptors (Lipinski definition) is 4. The SMILES string of the molecule is COCCNCC(=O)N(CCCO)C1CCC1. The van der Waals surface area contributed by atoms with Gasteiger partial charge >= 0.3 is 0 Å². The highest BCUT2D eigenvalue weighted by Gasteiger charge is 2.27. The van der Waals surface area contributed by atoms with Crippen LogP contribution in [0.25, 0.3) is 0 Å². The van der Waals surface area contributed by atoms with Gasteiger partial charge in [-0.15, -0.1) is 0 Å². The molecular formula is C12H24N2O3. The van der Waals surface area contributed by atoms with Crippen LogP contribution in [0.4, 0.5) is 0 Å². The van der Waals surface area contributed by atoms with E-state index < -0.39 is 0 Å². The molecule has 1 rings (SSSR count). The first kappa shape index (κ1) is 14.4. The summed E-state index contributed by atoms with van der Waals surface area (Å²) in [6, 6.07) is 0.401. The van der Waals surface area contributed by atoms with Crippen LogP contribution in [0.5, 0.6) is 0 Å². The molecule has 0 bridgehead atoms. The average molecular weight is 244 g/mol. The van der Waals surface area contributed by atoms with Gasteiger partial charge in [0.05, 0.1) is 13.2 Å². The molecule has 0 radical (unpaired) electrons. The van der Waals surface area contributed by atoms with E-state index in [1.807, 2.05) is 4.90 Å². The number of nitrogens with one attached hydrogen (secondary N) is 1. The first-order chi connectivity index (χ1) is 8.29. The largest absolute Gasteiger partial charge is 0.396 e. The number of amides is 1. The van der Waals surface area contributed by atoms with Gasteiger partial charge in [0.25, 0.3) is 0 Å². The molecule has 5 heteroatoms. The molecule has 1 aliphatic carbocycles. The Balaban J connectivity index is 2.26. The molecule has 0 saturated heterocycles. The molecule has 0 aliphatic heterocycles. The van der Waals surface area contributed by atoms with Crippen molar-refractivity contribution >= 4 is 5.91 Å². The first-order valence-electron chi connectivity index (χ1n) is 6.39. The van der Waals surface area contributed by atoms with E-state index in [2.05, 4.69) is 5.32 Å². The molecule has 0 unspecified atom stereocenters. The highest BCUT2D eigenvalue weighted by Crippen LogP contribution is 2.24. The Morgan fingerprint density at radius 2 is 2.29 bits per heavy atom. The normalized spacial score (nSPS) is 15.6. The number of aliphatic hydroxyl groups excluding tert-OH is 1. The second-order valence-electron chi connectivity index (χ2n) is 4.42. The van der Waals surface area contributed by atoms with Crippen LogP contribution in [0.1, 0.15) is 25.7 Å². The molecule has 0 aromatic rings. The zero-order chi connectivity index (χ0) is 12.5. The molecule has 100 valence electrons. The van der Waals surface area contributed by atoms with Crippen LogP contribution in [0.15, 0.2) is 0 Å². The van der Waals surface area contributed by atoms with E-state index in [0.717, 1.165) is 12.8 Å². The van der Waals surface area contributed by atoms with Crippen molar-refractivity contribution in [2.75, 3.05) is 40.0 Å². The molecule has 0 heterocycles. The summed E-state index contributed by atoms with van der Waals surface area (Å²) in [6.07, 6.45) is 4.09. The lowest BCUT2D eigenvalue weighted by Crippen LogP contribution is -2.48. The minimum atomic E-state index is 0.138. The van der Waals surface area contributed by atoms with Crippen molar-refractivity contribution in [3.63, 3.8) is 0 Å². The lowest BCUT2D eigenvalue weighted by Gasteiger charge is -2.37. The van der Waals surface area contributed by atoms with E-state index in [4.69, 9.17) is 9.84 Å². The van der Waals surface area contributed by atoms with Gasteiger partial charge in [0.15, 0.2) is 0 Å². The lowest BCUT2D eigenvalue weighted by molar-refractivity contribution is -0.134. The Kier molecular flexibility index (Phi) is 7.16. The fourth-order valence-electron chi connectivity index (χ4n) is 1.92. The van der Waals surface area contributed by atoms with Crippen molar-refractivity contribution in [1.82, 2.24) is 10.2 Å². The van der Waals surface area contributed by atoms with E-state index >= 15 is 0 Å². The first-order valence-corrected chi connectivity index (χ1v) is 6.39. The Morgan fingerprint density at radius 1 is 1.53 bits per heavy atom. The molecule has 0 aromatic heterocycles. The zero-order valence-electron chi connectivity index (χ0n) is 10.7. The van der Waals surface area contributed by atoms with Gasteiger partial charge in [-0.05, 0) is 25.7 Å². The standard InChI is InChI=1S/C12H24N2O3/c1-17-9-6-13-10-12(16)14(7-3-8-15)11-4-2-5-11/h11,13,15H,2-10H2,1H3. The smallest absolute Gasteiger partial charge is 0.236 e. The van der Waals surface area contributed by atoms with Crippen LogP contribution >= 0.6 is 0 Å². The maximum Gasteiger partial charge on any atom is 0.236 e. The van der Waals surface area contributed by atoms with Gasteiger partial charge in [-0.3, -0.25) is 4.79 Å². The highest BCUT2D eigenvalue weighted by molar-refractivity contribution is 5.78. The Morgan fingerprint density at radius 3 is 2.82 bits per heavy atom. The molecule has 5 nitrogen and oxygen atoms in total. The van der Waals surface area contributed by atoms with Crippen molar-refractivity contribution in [2.45, 2.75) is 31.7 Å². The third-order valence-corrected chi connectivity index (χ3v) is 3.15. The van der Waals surface area contributed by atoms with Crippen molar-refractivity contribution in [3.05, 3.63) is 0 Å². The average Bonchev–Trinajstić information content (AvgIpc) is 2.27.